The van der Waals surface area contributed by atoms with Crippen LogP contribution in [0.25, 0.3) is 0 Å². The first kappa shape index (κ1) is 27.4. The van der Waals surface area contributed by atoms with Crippen LogP contribution in [0.5, 0.6) is 0 Å². The second-order valence-corrected chi connectivity index (χ2v) is 7.63. The van der Waals surface area contributed by atoms with Crippen LogP contribution in [0.3, 0.4) is 0 Å². The molecule has 0 aromatic carbocycles. The molecule has 0 bridgehead atoms. The molecule has 0 saturated heterocycles. The molecule has 28 heavy (non-hydrogen) atoms. The van der Waals surface area contributed by atoms with Crippen LogP contribution in [0.4, 0.5) is 0 Å². The maximum Gasteiger partial charge on any atom is 0.305 e. The van der Waals surface area contributed by atoms with Crippen LogP contribution in [-0.2, 0) is 9.53 Å². The van der Waals surface area contributed by atoms with Gasteiger partial charge in [-0.25, -0.2) is 0 Å². The van der Waals surface area contributed by atoms with Gasteiger partial charge in [0.15, 0.2) is 5.96 Å². The van der Waals surface area contributed by atoms with Crippen molar-refractivity contribution in [3.05, 3.63) is 0 Å². The zero-order chi connectivity index (χ0) is 19.8. The molecular weight excluding hydrogens is 469 g/mol. The largest absolute Gasteiger partial charge is 0.466 e. The molecule has 0 unspecified atom stereocenters. The maximum absolute atomic E-state index is 11.3. The lowest BCUT2D eigenvalue weighted by Crippen LogP contribution is -2.39. The van der Waals surface area contributed by atoms with Gasteiger partial charge in [0.1, 0.15) is 0 Å². The number of ether oxygens (including phenoxy) is 1. The number of nitrogens with one attached hydrogen (secondary N) is 2. The van der Waals surface area contributed by atoms with E-state index in [2.05, 4.69) is 17.6 Å². The van der Waals surface area contributed by atoms with E-state index in [-0.39, 0.29) is 42.0 Å². The van der Waals surface area contributed by atoms with Gasteiger partial charge < -0.3 is 20.5 Å². The number of unbranched alkanes of at least 4 members (excludes halogenated alkanes) is 3. The van der Waals surface area contributed by atoms with Gasteiger partial charge in [-0.1, -0.05) is 32.1 Å². The van der Waals surface area contributed by atoms with E-state index in [0.29, 0.717) is 13.0 Å². The van der Waals surface area contributed by atoms with Gasteiger partial charge in [-0.3, -0.25) is 9.79 Å². The number of nitrogens with zero attached hydrogens (tertiary/aromatic N) is 1. The molecule has 6 nitrogen and oxygen atoms in total. The van der Waals surface area contributed by atoms with Crippen molar-refractivity contribution in [2.45, 2.75) is 84.5 Å². The first-order chi connectivity index (χ1) is 13.2. The monoisotopic (exact) mass is 511 g/mol. The molecule has 0 radical (unpaired) electrons. The van der Waals surface area contributed by atoms with Crippen molar-refractivity contribution in [1.82, 2.24) is 10.6 Å². The summed E-state index contributed by atoms with van der Waals surface area (Å²) in [6, 6.07) is 0. The van der Waals surface area contributed by atoms with Gasteiger partial charge in [0.25, 0.3) is 0 Å². The first-order valence-electron chi connectivity index (χ1n) is 10.9. The predicted molar refractivity (Wildman–Crippen MR) is 126 cm³/mol. The summed E-state index contributed by atoms with van der Waals surface area (Å²) in [5.41, 5.74) is 0.183. The Morgan fingerprint density at radius 1 is 1.07 bits per heavy atom. The number of carbonyl (C=O) groups excluding carboxylic acids is 1. The van der Waals surface area contributed by atoms with Crippen LogP contribution in [0.15, 0.2) is 4.99 Å². The van der Waals surface area contributed by atoms with E-state index >= 15 is 0 Å². The molecule has 0 aliphatic heterocycles. The Morgan fingerprint density at radius 2 is 1.79 bits per heavy atom. The smallest absolute Gasteiger partial charge is 0.305 e. The number of esters is 1. The Hall–Kier alpha value is -0.570. The van der Waals surface area contributed by atoms with Gasteiger partial charge in [-0.15, -0.1) is 24.0 Å². The topological polar surface area (TPSA) is 83.0 Å². The minimum absolute atomic E-state index is 0. The average molecular weight is 511 g/mol. The number of carbonyl (C=O) groups is 1. The molecular formula is C21H42IN3O3. The second-order valence-electron chi connectivity index (χ2n) is 7.63. The molecule has 1 saturated carbocycles. The van der Waals surface area contributed by atoms with E-state index in [4.69, 9.17) is 9.73 Å². The molecule has 1 rings (SSSR count). The van der Waals surface area contributed by atoms with Crippen LogP contribution in [0, 0.1) is 5.41 Å². The number of guanidine groups is 1. The molecule has 7 heteroatoms. The summed E-state index contributed by atoms with van der Waals surface area (Å²) in [6.07, 6.45) is 11.7. The van der Waals surface area contributed by atoms with Crippen molar-refractivity contribution < 1.29 is 14.6 Å². The summed E-state index contributed by atoms with van der Waals surface area (Å²) in [7, 11) is 0. The van der Waals surface area contributed by atoms with Crippen LogP contribution in [0.1, 0.15) is 84.5 Å². The van der Waals surface area contributed by atoms with E-state index in [1.54, 1.807) is 0 Å². The first-order valence-corrected chi connectivity index (χ1v) is 10.9. The standard InChI is InChI=1S/C21H41N3O3.HI/c1-3-22-20(23-16-11-6-5-8-12-19(26)27-4-2)24-18-21(15-17-25)13-9-7-10-14-21;/h25H,3-18H2,1-2H3,(H2,22,23,24);1H. The lowest BCUT2D eigenvalue weighted by molar-refractivity contribution is -0.143. The van der Waals surface area contributed by atoms with Crippen LogP contribution >= 0.6 is 24.0 Å². The van der Waals surface area contributed by atoms with Gasteiger partial charge in [-0.05, 0) is 51.4 Å². The summed E-state index contributed by atoms with van der Waals surface area (Å²) in [6.45, 7) is 7.17. The molecule has 1 aliphatic carbocycles. The van der Waals surface area contributed by atoms with Gasteiger partial charge >= 0.3 is 5.97 Å². The zero-order valence-electron chi connectivity index (χ0n) is 17.9. The van der Waals surface area contributed by atoms with Gasteiger partial charge in [0.05, 0.1) is 6.61 Å². The fourth-order valence-corrected chi connectivity index (χ4v) is 3.80. The van der Waals surface area contributed by atoms with Crippen LogP contribution in [-0.4, -0.2) is 49.9 Å². The quantitative estimate of drug-likeness (QED) is 0.115. The number of aliphatic hydroxyl groups excluding tert-OH is 1. The van der Waals surface area contributed by atoms with Crippen LogP contribution in [0.2, 0.25) is 0 Å². The highest BCUT2D eigenvalue weighted by Gasteiger charge is 2.31. The maximum atomic E-state index is 11.3. The predicted octanol–water partition coefficient (Wildman–Crippen LogP) is 4.01. The molecule has 0 atom stereocenters. The lowest BCUT2D eigenvalue weighted by atomic mass is 9.72. The highest BCUT2D eigenvalue weighted by atomic mass is 127. The fourth-order valence-electron chi connectivity index (χ4n) is 3.80. The highest BCUT2D eigenvalue weighted by molar-refractivity contribution is 14.0. The third-order valence-corrected chi connectivity index (χ3v) is 5.38. The molecule has 0 amide bonds. The number of hydrogen-bond acceptors (Lipinski definition) is 4. The third-order valence-electron chi connectivity index (χ3n) is 5.38. The average Bonchev–Trinajstić information content (AvgIpc) is 2.66. The molecule has 1 aliphatic rings. The lowest BCUT2D eigenvalue weighted by Gasteiger charge is -2.35. The number of aliphatic hydroxyl groups is 1. The van der Waals surface area contributed by atoms with Gasteiger partial charge in [0, 0.05) is 32.7 Å². The summed E-state index contributed by atoms with van der Waals surface area (Å²) in [5.74, 6) is 0.795. The van der Waals surface area contributed by atoms with Crippen molar-refractivity contribution in [3.63, 3.8) is 0 Å². The number of rotatable bonds is 13. The van der Waals surface area contributed by atoms with Crippen LogP contribution < -0.4 is 10.6 Å². The zero-order valence-corrected chi connectivity index (χ0v) is 20.3. The van der Waals surface area contributed by atoms with Crippen molar-refractivity contribution in [1.29, 1.82) is 0 Å². The fraction of sp³-hybridized carbons (Fsp3) is 0.905. The van der Waals surface area contributed by atoms with Crippen molar-refractivity contribution in [2.75, 3.05) is 32.8 Å². The van der Waals surface area contributed by atoms with E-state index in [1.165, 1.54) is 32.1 Å². The summed E-state index contributed by atoms with van der Waals surface area (Å²) in [5, 5.41) is 16.2. The normalized spacial score (nSPS) is 16.2. The van der Waals surface area contributed by atoms with E-state index < -0.39 is 0 Å². The molecule has 3 N–H and O–H groups in total. The van der Waals surface area contributed by atoms with Gasteiger partial charge in [0.2, 0.25) is 0 Å². The minimum atomic E-state index is -0.0864. The van der Waals surface area contributed by atoms with Crippen molar-refractivity contribution in [3.8, 4) is 0 Å². The van der Waals surface area contributed by atoms with Crippen molar-refractivity contribution >= 4 is 35.9 Å². The molecule has 166 valence electrons. The Balaban J connectivity index is 0.00000729. The van der Waals surface area contributed by atoms with Gasteiger partial charge in [-0.2, -0.15) is 0 Å². The summed E-state index contributed by atoms with van der Waals surface area (Å²) in [4.78, 5) is 16.1. The third kappa shape index (κ3) is 12.1. The Morgan fingerprint density at radius 3 is 2.43 bits per heavy atom. The molecule has 0 heterocycles. The minimum Gasteiger partial charge on any atom is -0.466 e. The van der Waals surface area contributed by atoms with E-state index in [9.17, 15) is 9.90 Å². The van der Waals surface area contributed by atoms with Crippen molar-refractivity contribution in [2.24, 2.45) is 10.4 Å². The molecule has 0 aromatic heterocycles. The summed E-state index contributed by atoms with van der Waals surface area (Å²) < 4.78 is 4.94. The SMILES string of the molecule is CCNC(=NCC1(CCO)CCCCC1)NCCCCCCC(=O)OCC.I. The second kappa shape index (κ2) is 17.3. The Bertz CT molecular complexity index is 422. The van der Waals surface area contributed by atoms with E-state index in [0.717, 1.165) is 57.7 Å². The number of halogens is 1. The molecule has 0 aromatic rings. The Kier molecular flexibility index (Phi) is 16.9. The highest BCUT2D eigenvalue weighted by Crippen LogP contribution is 2.39. The molecule has 1 fully saturated rings. The van der Waals surface area contributed by atoms with E-state index in [1.807, 2.05) is 6.92 Å². The number of hydrogen-bond donors (Lipinski definition) is 3. The molecule has 0 spiro atoms. The number of aliphatic imine (C=N–C) groups is 1. The summed E-state index contributed by atoms with van der Waals surface area (Å²) >= 11 is 0. The Labute approximate surface area is 188 Å².